The highest BCUT2D eigenvalue weighted by molar-refractivity contribution is 6.39. The minimum Gasteiger partial charge on any atom is -0.411 e. The number of oxime groups is 1. The van der Waals surface area contributed by atoms with Gasteiger partial charge in [0.05, 0.1) is 0 Å². The van der Waals surface area contributed by atoms with Crippen LogP contribution in [0.2, 0.25) is 0 Å². The van der Waals surface area contributed by atoms with Crippen molar-refractivity contribution in [1.29, 1.82) is 0 Å². The minimum atomic E-state index is 0.0206. The van der Waals surface area contributed by atoms with Gasteiger partial charge in [-0.05, 0) is 19.3 Å². The molecule has 1 rings (SSSR count). The second-order valence-corrected chi connectivity index (χ2v) is 2.88. The van der Waals surface area contributed by atoms with Crippen LogP contribution in [0.5, 0.6) is 0 Å². The van der Waals surface area contributed by atoms with Crippen molar-refractivity contribution in [3.8, 4) is 0 Å². The van der Waals surface area contributed by atoms with Crippen LogP contribution in [0.3, 0.4) is 0 Å². The number of hydrogen-bond donors (Lipinski definition) is 1. The maximum Gasteiger partial charge on any atom is 0.180 e. The highest BCUT2D eigenvalue weighted by atomic mass is 16.4. The Morgan fingerprint density at radius 1 is 1.09 bits per heavy atom. The number of carbonyl (C=O) groups is 1. The fraction of sp³-hybridized carbons (Fsp3) is 0.750. The molecule has 0 amide bonds. The first-order chi connectivity index (χ1) is 5.34. The molecule has 0 aromatic heterocycles. The van der Waals surface area contributed by atoms with Gasteiger partial charge in [-0.15, -0.1) is 0 Å². The molecule has 1 N–H and O–H groups in total. The Hall–Kier alpha value is -0.860. The molecule has 1 aliphatic rings. The summed E-state index contributed by atoms with van der Waals surface area (Å²) in [4.78, 5) is 11.1. The van der Waals surface area contributed by atoms with E-state index in [1.54, 1.807) is 0 Å². The lowest BCUT2D eigenvalue weighted by atomic mass is 9.98. The topological polar surface area (TPSA) is 49.7 Å². The zero-order valence-corrected chi connectivity index (χ0v) is 6.55. The molecule has 0 spiro atoms. The standard InChI is InChI=1S/C8H13NO2/c10-8-6-4-2-1-3-5-7(8)9-11/h11H,1-6H2/b9-7-. The first-order valence-electron chi connectivity index (χ1n) is 4.08. The van der Waals surface area contributed by atoms with Gasteiger partial charge >= 0.3 is 0 Å². The first kappa shape index (κ1) is 8.24. The average Bonchev–Trinajstić information content (AvgIpc) is 1.98. The third-order valence-electron chi connectivity index (χ3n) is 2.01. The molecule has 1 saturated carbocycles. The molecule has 0 heterocycles. The quantitative estimate of drug-likeness (QED) is 0.428. The van der Waals surface area contributed by atoms with Crippen molar-refractivity contribution in [3.63, 3.8) is 0 Å². The van der Waals surface area contributed by atoms with E-state index in [0.29, 0.717) is 18.6 Å². The van der Waals surface area contributed by atoms with E-state index in [1.807, 2.05) is 0 Å². The Morgan fingerprint density at radius 3 is 2.36 bits per heavy atom. The summed E-state index contributed by atoms with van der Waals surface area (Å²) in [6, 6.07) is 0. The van der Waals surface area contributed by atoms with Crippen molar-refractivity contribution in [2.45, 2.75) is 38.5 Å². The molecule has 62 valence electrons. The lowest BCUT2D eigenvalue weighted by Crippen LogP contribution is -2.15. The van der Waals surface area contributed by atoms with Crippen LogP contribution in [0, 0.1) is 0 Å². The van der Waals surface area contributed by atoms with Crippen LogP contribution >= 0.6 is 0 Å². The van der Waals surface area contributed by atoms with E-state index in [9.17, 15) is 4.79 Å². The third kappa shape index (κ3) is 2.33. The summed E-state index contributed by atoms with van der Waals surface area (Å²) in [5.41, 5.74) is 0.365. The van der Waals surface area contributed by atoms with E-state index in [4.69, 9.17) is 5.21 Å². The molecule has 0 aliphatic heterocycles. The van der Waals surface area contributed by atoms with E-state index in [-0.39, 0.29) is 5.78 Å². The van der Waals surface area contributed by atoms with Gasteiger partial charge in [0, 0.05) is 6.42 Å². The molecular weight excluding hydrogens is 142 g/mol. The van der Waals surface area contributed by atoms with Gasteiger partial charge in [-0.3, -0.25) is 4.79 Å². The molecule has 0 radical (unpaired) electrons. The fourth-order valence-electron chi connectivity index (χ4n) is 1.32. The summed E-state index contributed by atoms with van der Waals surface area (Å²) in [5, 5.41) is 11.4. The van der Waals surface area contributed by atoms with E-state index in [2.05, 4.69) is 5.16 Å². The summed E-state index contributed by atoms with van der Waals surface area (Å²) in [5.74, 6) is 0.0206. The van der Waals surface area contributed by atoms with Gasteiger partial charge in [-0.2, -0.15) is 0 Å². The van der Waals surface area contributed by atoms with Crippen molar-refractivity contribution in [2.75, 3.05) is 0 Å². The minimum absolute atomic E-state index is 0.0206. The molecule has 0 saturated heterocycles. The molecule has 3 heteroatoms. The van der Waals surface area contributed by atoms with Crippen LogP contribution < -0.4 is 0 Å². The van der Waals surface area contributed by atoms with Crippen molar-refractivity contribution in [3.05, 3.63) is 0 Å². The van der Waals surface area contributed by atoms with Crippen molar-refractivity contribution < 1.29 is 10.0 Å². The zero-order valence-electron chi connectivity index (χ0n) is 6.55. The van der Waals surface area contributed by atoms with Crippen molar-refractivity contribution in [2.24, 2.45) is 5.16 Å². The van der Waals surface area contributed by atoms with Crippen LogP contribution in [-0.2, 0) is 4.79 Å². The highest BCUT2D eigenvalue weighted by Gasteiger charge is 2.13. The van der Waals surface area contributed by atoms with Crippen LogP contribution in [0.15, 0.2) is 5.16 Å². The normalized spacial score (nSPS) is 24.7. The summed E-state index contributed by atoms with van der Waals surface area (Å²) in [7, 11) is 0. The van der Waals surface area contributed by atoms with Gasteiger partial charge in [0.15, 0.2) is 5.78 Å². The summed E-state index contributed by atoms with van der Waals surface area (Å²) < 4.78 is 0. The summed E-state index contributed by atoms with van der Waals surface area (Å²) in [6.07, 6.45) is 5.40. The largest absolute Gasteiger partial charge is 0.411 e. The van der Waals surface area contributed by atoms with Crippen molar-refractivity contribution >= 4 is 11.5 Å². The van der Waals surface area contributed by atoms with Crippen molar-refractivity contribution in [1.82, 2.24) is 0 Å². The SMILES string of the molecule is O=C1CCCCCC/C1=N/O. The Morgan fingerprint density at radius 2 is 1.73 bits per heavy atom. The van der Waals surface area contributed by atoms with E-state index < -0.39 is 0 Å². The number of rotatable bonds is 0. The molecule has 0 atom stereocenters. The van der Waals surface area contributed by atoms with E-state index in [0.717, 1.165) is 25.7 Å². The molecule has 0 bridgehead atoms. The van der Waals surface area contributed by atoms with Gasteiger partial charge in [-0.1, -0.05) is 18.0 Å². The van der Waals surface area contributed by atoms with Gasteiger partial charge in [-0.25, -0.2) is 0 Å². The Bertz CT molecular complexity index is 175. The predicted molar refractivity (Wildman–Crippen MR) is 41.9 cm³/mol. The molecule has 0 aromatic rings. The monoisotopic (exact) mass is 155 g/mol. The lowest BCUT2D eigenvalue weighted by Gasteiger charge is -2.07. The molecule has 11 heavy (non-hydrogen) atoms. The number of ketones is 1. The van der Waals surface area contributed by atoms with E-state index >= 15 is 0 Å². The van der Waals surface area contributed by atoms with Crippen LogP contribution in [-0.4, -0.2) is 16.7 Å². The average molecular weight is 155 g/mol. The predicted octanol–water partition coefficient (Wildman–Crippen LogP) is 1.74. The van der Waals surface area contributed by atoms with Gasteiger partial charge in [0.2, 0.25) is 0 Å². The second kappa shape index (κ2) is 4.11. The number of carbonyl (C=O) groups excluding carboxylic acids is 1. The van der Waals surface area contributed by atoms with Crippen LogP contribution in [0.25, 0.3) is 0 Å². The molecule has 0 aromatic carbocycles. The van der Waals surface area contributed by atoms with Gasteiger partial charge in [0.1, 0.15) is 5.71 Å². The third-order valence-corrected chi connectivity index (χ3v) is 2.01. The maximum absolute atomic E-state index is 11.1. The Labute approximate surface area is 66.1 Å². The summed E-state index contributed by atoms with van der Waals surface area (Å²) >= 11 is 0. The second-order valence-electron chi connectivity index (χ2n) is 2.88. The number of Topliss-reactive ketones (excluding diaryl/α,β-unsaturated/α-hetero) is 1. The number of nitrogens with zero attached hydrogens (tertiary/aromatic N) is 1. The summed E-state index contributed by atoms with van der Waals surface area (Å²) in [6.45, 7) is 0. The molecule has 1 fully saturated rings. The van der Waals surface area contributed by atoms with Crippen LogP contribution in [0.4, 0.5) is 0 Å². The molecule has 1 aliphatic carbocycles. The van der Waals surface area contributed by atoms with E-state index in [1.165, 1.54) is 0 Å². The van der Waals surface area contributed by atoms with Gasteiger partial charge < -0.3 is 5.21 Å². The zero-order chi connectivity index (χ0) is 8.10. The Balaban J connectivity index is 2.53. The number of hydrogen-bond acceptors (Lipinski definition) is 3. The lowest BCUT2D eigenvalue weighted by molar-refractivity contribution is -0.113. The van der Waals surface area contributed by atoms with Crippen LogP contribution in [0.1, 0.15) is 38.5 Å². The maximum atomic E-state index is 11.1. The molecule has 0 unspecified atom stereocenters. The molecule has 3 nitrogen and oxygen atoms in total. The molecular formula is C8H13NO2. The van der Waals surface area contributed by atoms with Gasteiger partial charge in [0.25, 0.3) is 0 Å². The Kier molecular flexibility index (Phi) is 3.08. The highest BCUT2D eigenvalue weighted by Crippen LogP contribution is 2.12. The first-order valence-corrected chi connectivity index (χ1v) is 4.08. The fourth-order valence-corrected chi connectivity index (χ4v) is 1.32. The smallest absolute Gasteiger partial charge is 0.180 e.